The molecule has 1 aliphatic heterocycles. The molecule has 1 saturated heterocycles. The molecule has 0 radical (unpaired) electrons. The molecule has 1 fully saturated rings. The zero-order valence-electron chi connectivity index (χ0n) is 10.9. The molecule has 2 rings (SSSR count). The van der Waals surface area contributed by atoms with Gasteiger partial charge in [-0.15, -0.1) is 0 Å². The lowest BCUT2D eigenvalue weighted by molar-refractivity contribution is -0.0107. The van der Waals surface area contributed by atoms with Crippen LogP contribution in [0.2, 0.25) is 0 Å². The number of rotatable bonds is 4. The van der Waals surface area contributed by atoms with Gasteiger partial charge in [-0.2, -0.15) is 0 Å². The summed E-state index contributed by atoms with van der Waals surface area (Å²) in [6, 6.07) is 4.01. The molecule has 2 heterocycles. The summed E-state index contributed by atoms with van der Waals surface area (Å²) in [6.07, 6.45) is 1.60. The molecule has 5 heteroatoms. The van der Waals surface area contributed by atoms with Crippen molar-refractivity contribution < 1.29 is 14.6 Å². The molecular formula is C13H20N2O3. The highest BCUT2D eigenvalue weighted by Gasteiger charge is 2.28. The van der Waals surface area contributed by atoms with E-state index in [9.17, 15) is 5.11 Å². The van der Waals surface area contributed by atoms with Crippen molar-refractivity contribution in [3.8, 4) is 5.75 Å². The van der Waals surface area contributed by atoms with Crippen molar-refractivity contribution in [3.63, 3.8) is 0 Å². The highest BCUT2D eigenvalue weighted by molar-refractivity contribution is 5.53. The van der Waals surface area contributed by atoms with Crippen LogP contribution < -0.4 is 9.64 Å². The summed E-state index contributed by atoms with van der Waals surface area (Å²) in [5.74, 6) is 1.61. The summed E-state index contributed by atoms with van der Waals surface area (Å²) >= 11 is 0. The van der Waals surface area contributed by atoms with Crippen molar-refractivity contribution >= 4 is 5.82 Å². The maximum Gasteiger partial charge on any atom is 0.171 e. The van der Waals surface area contributed by atoms with Gasteiger partial charge >= 0.3 is 0 Å². The van der Waals surface area contributed by atoms with E-state index < -0.39 is 0 Å². The molecule has 18 heavy (non-hydrogen) atoms. The minimum atomic E-state index is -0.155. The number of aliphatic hydroxyl groups is 1. The van der Waals surface area contributed by atoms with Crippen LogP contribution in [0.15, 0.2) is 18.3 Å². The third-order valence-corrected chi connectivity index (χ3v) is 3.03. The molecule has 2 atom stereocenters. The number of ether oxygens (including phenoxy) is 2. The molecular weight excluding hydrogens is 232 g/mol. The smallest absolute Gasteiger partial charge is 0.171 e. The first-order valence-corrected chi connectivity index (χ1v) is 6.33. The zero-order chi connectivity index (χ0) is 13.0. The van der Waals surface area contributed by atoms with Crippen LogP contribution in [-0.4, -0.2) is 48.6 Å². The molecule has 5 nitrogen and oxygen atoms in total. The second kappa shape index (κ2) is 6.02. The Bertz CT molecular complexity index is 386. The van der Waals surface area contributed by atoms with Crippen molar-refractivity contribution in [1.29, 1.82) is 0 Å². The number of anilines is 1. The number of hydrogen-bond donors (Lipinski definition) is 1. The second-order valence-corrected chi connectivity index (χ2v) is 4.40. The fourth-order valence-corrected chi connectivity index (χ4v) is 2.09. The first-order chi connectivity index (χ1) is 8.76. The molecule has 0 aromatic carbocycles. The lowest BCUT2D eigenvalue weighted by Crippen LogP contribution is -2.50. The molecule has 0 amide bonds. The highest BCUT2D eigenvalue weighted by Crippen LogP contribution is 2.29. The first-order valence-electron chi connectivity index (χ1n) is 6.33. The largest absolute Gasteiger partial charge is 0.490 e. The summed E-state index contributed by atoms with van der Waals surface area (Å²) in [7, 11) is 0. The minimum absolute atomic E-state index is 0.0278. The lowest BCUT2D eigenvalue weighted by atomic mass is 10.2. The Morgan fingerprint density at radius 2 is 2.44 bits per heavy atom. The molecule has 0 saturated carbocycles. The summed E-state index contributed by atoms with van der Waals surface area (Å²) in [5.41, 5.74) is 0. The quantitative estimate of drug-likeness (QED) is 0.868. The van der Waals surface area contributed by atoms with E-state index in [1.54, 1.807) is 6.20 Å². The third kappa shape index (κ3) is 2.73. The van der Waals surface area contributed by atoms with Gasteiger partial charge in [0, 0.05) is 12.7 Å². The van der Waals surface area contributed by atoms with Crippen LogP contribution in [0, 0.1) is 0 Å². The molecule has 1 aromatic rings. The molecule has 0 bridgehead atoms. The topological polar surface area (TPSA) is 54.8 Å². The van der Waals surface area contributed by atoms with E-state index >= 15 is 0 Å². The van der Waals surface area contributed by atoms with Crippen LogP contribution in [0.5, 0.6) is 5.75 Å². The number of pyridine rings is 1. The second-order valence-electron chi connectivity index (χ2n) is 4.40. The average molecular weight is 252 g/mol. The minimum Gasteiger partial charge on any atom is -0.490 e. The maximum absolute atomic E-state index is 9.21. The van der Waals surface area contributed by atoms with Gasteiger partial charge in [-0.25, -0.2) is 4.98 Å². The Labute approximate surface area is 107 Å². The van der Waals surface area contributed by atoms with Gasteiger partial charge in [0.15, 0.2) is 11.6 Å². The van der Waals surface area contributed by atoms with E-state index in [1.807, 2.05) is 19.1 Å². The number of aliphatic hydroxyl groups excluding tert-OH is 1. The Morgan fingerprint density at radius 1 is 1.61 bits per heavy atom. The normalized spacial score (nSPS) is 24.1. The highest BCUT2D eigenvalue weighted by atomic mass is 16.5. The van der Waals surface area contributed by atoms with Gasteiger partial charge in [-0.1, -0.05) is 0 Å². The average Bonchev–Trinajstić information content (AvgIpc) is 2.41. The van der Waals surface area contributed by atoms with E-state index in [0.29, 0.717) is 19.8 Å². The standard InChI is InChI=1S/C13H20N2O3/c1-3-17-12-5-4-6-14-13(12)15-7-11(8-16)18-9-10(15)2/h4-6,10-11,16H,3,7-9H2,1-2H3. The number of morpholine rings is 1. The van der Waals surface area contributed by atoms with Gasteiger partial charge in [0.1, 0.15) is 0 Å². The predicted octanol–water partition coefficient (Wildman–Crippen LogP) is 1.07. The van der Waals surface area contributed by atoms with Crippen LogP contribution in [0.25, 0.3) is 0 Å². The Morgan fingerprint density at radius 3 is 3.17 bits per heavy atom. The fourth-order valence-electron chi connectivity index (χ4n) is 2.09. The van der Waals surface area contributed by atoms with Crippen molar-refractivity contribution in [3.05, 3.63) is 18.3 Å². The van der Waals surface area contributed by atoms with Gasteiger partial charge in [-0.05, 0) is 26.0 Å². The van der Waals surface area contributed by atoms with Crippen molar-refractivity contribution in [2.75, 3.05) is 31.3 Å². The lowest BCUT2D eigenvalue weighted by Gasteiger charge is -2.38. The van der Waals surface area contributed by atoms with Crippen LogP contribution in [0.4, 0.5) is 5.82 Å². The molecule has 2 unspecified atom stereocenters. The van der Waals surface area contributed by atoms with Crippen LogP contribution in [-0.2, 0) is 4.74 Å². The van der Waals surface area contributed by atoms with Gasteiger partial charge in [0.05, 0.1) is 32.0 Å². The van der Waals surface area contributed by atoms with E-state index in [1.165, 1.54) is 0 Å². The van der Waals surface area contributed by atoms with Crippen LogP contribution in [0.1, 0.15) is 13.8 Å². The van der Waals surface area contributed by atoms with Gasteiger partial charge in [0.25, 0.3) is 0 Å². The molecule has 1 aliphatic rings. The van der Waals surface area contributed by atoms with Gasteiger partial charge < -0.3 is 19.5 Å². The summed E-state index contributed by atoms with van der Waals surface area (Å²) in [5, 5.41) is 9.21. The summed E-state index contributed by atoms with van der Waals surface area (Å²) in [4.78, 5) is 6.54. The summed E-state index contributed by atoms with van der Waals surface area (Å²) < 4.78 is 11.1. The van der Waals surface area contributed by atoms with Crippen molar-refractivity contribution in [1.82, 2.24) is 4.98 Å². The number of nitrogens with zero attached hydrogens (tertiary/aromatic N) is 2. The monoisotopic (exact) mass is 252 g/mol. The third-order valence-electron chi connectivity index (χ3n) is 3.03. The Hall–Kier alpha value is -1.33. The molecule has 1 N–H and O–H groups in total. The van der Waals surface area contributed by atoms with Gasteiger partial charge in [0.2, 0.25) is 0 Å². The van der Waals surface area contributed by atoms with Crippen LogP contribution >= 0.6 is 0 Å². The Balaban J connectivity index is 2.22. The SMILES string of the molecule is CCOc1cccnc1N1CC(CO)OCC1C. The number of aromatic nitrogens is 1. The molecule has 0 aliphatic carbocycles. The van der Waals surface area contributed by atoms with E-state index in [0.717, 1.165) is 11.6 Å². The zero-order valence-corrected chi connectivity index (χ0v) is 10.9. The van der Waals surface area contributed by atoms with E-state index in [2.05, 4.69) is 16.8 Å². The number of hydrogen-bond acceptors (Lipinski definition) is 5. The van der Waals surface area contributed by atoms with E-state index in [4.69, 9.17) is 9.47 Å². The van der Waals surface area contributed by atoms with Gasteiger partial charge in [-0.3, -0.25) is 0 Å². The van der Waals surface area contributed by atoms with Crippen molar-refractivity contribution in [2.24, 2.45) is 0 Å². The van der Waals surface area contributed by atoms with Crippen LogP contribution in [0.3, 0.4) is 0 Å². The summed E-state index contributed by atoms with van der Waals surface area (Å²) in [6.45, 7) is 5.90. The van der Waals surface area contributed by atoms with Crippen molar-refractivity contribution in [2.45, 2.75) is 26.0 Å². The fraction of sp³-hybridized carbons (Fsp3) is 0.615. The Kier molecular flexibility index (Phi) is 4.38. The predicted molar refractivity (Wildman–Crippen MR) is 69.0 cm³/mol. The molecule has 0 spiro atoms. The molecule has 100 valence electrons. The maximum atomic E-state index is 9.21. The molecule has 1 aromatic heterocycles. The van der Waals surface area contributed by atoms with E-state index in [-0.39, 0.29) is 18.8 Å². The first kappa shape index (κ1) is 13.1.